The van der Waals surface area contributed by atoms with Crippen molar-refractivity contribution < 1.29 is 14.3 Å². The largest absolute Gasteiger partial charge is 0.493 e. The van der Waals surface area contributed by atoms with Crippen molar-refractivity contribution in [3.05, 3.63) is 72.6 Å². The zero-order chi connectivity index (χ0) is 17.6. The number of hydrogen-bond donors (Lipinski definition) is 1. The average Bonchev–Trinajstić information content (AvgIpc) is 2.68. The van der Waals surface area contributed by atoms with Gasteiger partial charge < -0.3 is 14.8 Å². The summed E-state index contributed by atoms with van der Waals surface area (Å²) in [5, 5.41) is 2.86. The Hall–Kier alpha value is -3.34. The molecule has 2 aromatic carbocycles. The number of carbonyl (C=O) groups is 1. The Kier molecular flexibility index (Phi) is 4.95. The molecule has 0 saturated carbocycles. The second-order valence-corrected chi connectivity index (χ2v) is 5.35. The van der Waals surface area contributed by atoms with Crippen molar-refractivity contribution in [3.63, 3.8) is 0 Å². The first-order valence-corrected chi connectivity index (χ1v) is 7.75. The van der Waals surface area contributed by atoms with Crippen LogP contribution < -0.4 is 14.8 Å². The van der Waals surface area contributed by atoms with Gasteiger partial charge in [0, 0.05) is 17.3 Å². The van der Waals surface area contributed by atoms with Crippen LogP contribution in [0.3, 0.4) is 0 Å². The van der Waals surface area contributed by atoms with Gasteiger partial charge in [-0.2, -0.15) is 0 Å². The maximum atomic E-state index is 12.5. The van der Waals surface area contributed by atoms with Gasteiger partial charge in [-0.15, -0.1) is 0 Å². The van der Waals surface area contributed by atoms with Crippen LogP contribution in [-0.4, -0.2) is 25.1 Å². The zero-order valence-electron chi connectivity index (χ0n) is 14.0. The smallest absolute Gasteiger partial charge is 0.255 e. The molecule has 0 aliphatic rings. The molecule has 0 unspecified atom stereocenters. The van der Waals surface area contributed by atoms with Crippen molar-refractivity contribution in [2.24, 2.45) is 0 Å². The molecule has 126 valence electrons. The van der Waals surface area contributed by atoms with Crippen molar-refractivity contribution in [2.75, 3.05) is 19.5 Å². The van der Waals surface area contributed by atoms with Crippen LogP contribution in [0.4, 0.5) is 5.69 Å². The van der Waals surface area contributed by atoms with Gasteiger partial charge in [-0.25, -0.2) is 0 Å². The summed E-state index contributed by atoms with van der Waals surface area (Å²) in [6, 6.07) is 16.8. The molecule has 0 bridgehead atoms. The SMILES string of the molecule is COc1ccc(C(=O)Nc2cncc(-c3ccccc3)c2)cc1OC. The van der Waals surface area contributed by atoms with Gasteiger partial charge in [-0.1, -0.05) is 30.3 Å². The van der Waals surface area contributed by atoms with Crippen LogP contribution in [0.25, 0.3) is 11.1 Å². The Labute approximate surface area is 146 Å². The number of aromatic nitrogens is 1. The van der Waals surface area contributed by atoms with E-state index < -0.39 is 0 Å². The van der Waals surface area contributed by atoms with Crippen molar-refractivity contribution in [1.29, 1.82) is 0 Å². The van der Waals surface area contributed by atoms with E-state index in [-0.39, 0.29) is 5.91 Å². The lowest BCUT2D eigenvalue weighted by Gasteiger charge is -2.10. The first-order valence-electron chi connectivity index (χ1n) is 7.75. The first-order chi connectivity index (χ1) is 12.2. The number of nitrogens with one attached hydrogen (secondary N) is 1. The maximum absolute atomic E-state index is 12.5. The zero-order valence-corrected chi connectivity index (χ0v) is 14.0. The Bertz CT molecular complexity index is 879. The molecule has 0 fully saturated rings. The minimum Gasteiger partial charge on any atom is -0.493 e. The number of pyridine rings is 1. The summed E-state index contributed by atoms with van der Waals surface area (Å²) in [6.45, 7) is 0. The average molecular weight is 334 g/mol. The number of rotatable bonds is 5. The molecule has 3 rings (SSSR count). The fourth-order valence-electron chi connectivity index (χ4n) is 2.48. The molecule has 0 radical (unpaired) electrons. The van der Waals surface area contributed by atoms with Crippen LogP contribution in [0.5, 0.6) is 11.5 Å². The summed E-state index contributed by atoms with van der Waals surface area (Å²) in [4.78, 5) is 16.7. The van der Waals surface area contributed by atoms with Crippen molar-refractivity contribution >= 4 is 11.6 Å². The predicted molar refractivity (Wildman–Crippen MR) is 97.2 cm³/mol. The summed E-state index contributed by atoms with van der Waals surface area (Å²) in [6.07, 6.45) is 3.38. The van der Waals surface area contributed by atoms with E-state index in [0.717, 1.165) is 11.1 Å². The summed E-state index contributed by atoms with van der Waals surface area (Å²) < 4.78 is 10.4. The highest BCUT2D eigenvalue weighted by atomic mass is 16.5. The minimum atomic E-state index is -0.243. The Morgan fingerprint density at radius 1 is 0.880 bits per heavy atom. The topological polar surface area (TPSA) is 60.5 Å². The van der Waals surface area contributed by atoms with Gasteiger partial charge in [-0.05, 0) is 29.8 Å². The molecule has 0 aliphatic carbocycles. The lowest BCUT2D eigenvalue weighted by Crippen LogP contribution is -2.12. The number of anilines is 1. The van der Waals surface area contributed by atoms with Gasteiger partial charge in [0.15, 0.2) is 11.5 Å². The number of ether oxygens (including phenoxy) is 2. The summed E-state index contributed by atoms with van der Waals surface area (Å²) in [5.74, 6) is 0.839. The number of amides is 1. The molecule has 25 heavy (non-hydrogen) atoms. The van der Waals surface area contributed by atoms with E-state index >= 15 is 0 Å². The van der Waals surface area contributed by atoms with Crippen LogP contribution in [0.2, 0.25) is 0 Å². The molecule has 3 aromatic rings. The van der Waals surface area contributed by atoms with Gasteiger partial charge in [0.2, 0.25) is 0 Å². The predicted octanol–water partition coefficient (Wildman–Crippen LogP) is 4.02. The Morgan fingerprint density at radius 2 is 1.64 bits per heavy atom. The molecule has 1 aromatic heterocycles. The molecule has 1 heterocycles. The van der Waals surface area contributed by atoms with Crippen LogP contribution in [0.15, 0.2) is 67.0 Å². The quantitative estimate of drug-likeness (QED) is 0.765. The van der Waals surface area contributed by atoms with Gasteiger partial charge in [0.05, 0.1) is 26.1 Å². The van der Waals surface area contributed by atoms with E-state index in [0.29, 0.717) is 22.7 Å². The molecule has 5 heteroatoms. The molecule has 1 N–H and O–H groups in total. The van der Waals surface area contributed by atoms with Gasteiger partial charge in [-0.3, -0.25) is 9.78 Å². The van der Waals surface area contributed by atoms with Crippen LogP contribution in [0.1, 0.15) is 10.4 Å². The molecular weight excluding hydrogens is 316 g/mol. The number of carbonyl (C=O) groups excluding carboxylic acids is 1. The third-order valence-electron chi connectivity index (χ3n) is 3.75. The first kappa shape index (κ1) is 16.5. The maximum Gasteiger partial charge on any atom is 0.255 e. The highest BCUT2D eigenvalue weighted by Gasteiger charge is 2.11. The minimum absolute atomic E-state index is 0.243. The standard InChI is InChI=1S/C20H18N2O3/c1-24-18-9-8-15(11-19(18)25-2)20(23)22-17-10-16(12-21-13-17)14-6-4-3-5-7-14/h3-13H,1-2H3,(H,22,23). The van der Waals surface area contributed by atoms with Gasteiger partial charge >= 0.3 is 0 Å². The second kappa shape index (κ2) is 7.49. The fourth-order valence-corrected chi connectivity index (χ4v) is 2.48. The van der Waals surface area contributed by atoms with Crippen molar-refractivity contribution in [3.8, 4) is 22.6 Å². The molecule has 0 aliphatic heterocycles. The van der Waals surface area contributed by atoms with E-state index in [1.165, 1.54) is 7.11 Å². The normalized spacial score (nSPS) is 10.2. The number of benzene rings is 2. The number of methoxy groups -OCH3 is 2. The summed E-state index contributed by atoms with van der Waals surface area (Å²) >= 11 is 0. The monoisotopic (exact) mass is 334 g/mol. The van der Waals surface area contributed by atoms with E-state index in [4.69, 9.17) is 9.47 Å². The van der Waals surface area contributed by atoms with E-state index in [2.05, 4.69) is 10.3 Å². The molecular formula is C20H18N2O3. The fraction of sp³-hybridized carbons (Fsp3) is 0.100. The van der Waals surface area contributed by atoms with E-state index in [9.17, 15) is 4.79 Å². The Morgan fingerprint density at radius 3 is 2.36 bits per heavy atom. The molecule has 0 spiro atoms. The Balaban J connectivity index is 1.82. The summed E-state index contributed by atoms with van der Waals surface area (Å²) in [5.41, 5.74) is 3.08. The van der Waals surface area contributed by atoms with Crippen molar-refractivity contribution in [2.45, 2.75) is 0 Å². The lowest BCUT2D eigenvalue weighted by molar-refractivity contribution is 0.102. The van der Waals surface area contributed by atoms with Crippen LogP contribution >= 0.6 is 0 Å². The molecule has 1 amide bonds. The highest BCUT2D eigenvalue weighted by molar-refractivity contribution is 6.04. The summed E-state index contributed by atoms with van der Waals surface area (Å²) in [7, 11) is 3.09. The number of nitrogens with zero attached hydrogens (tertiary/aromatic N) is 1. The third-order valence-corrected chi connectivity index (χ3v) is 3.75. The van der Waals surface area contributed by atoms with Gasteiger partial charge in [0.1, 0.15) is 0 Å². The third kappa shape index (κ3) is 3.77. The molecule has 0 saturated heterocycles. The molecule has 5 nitrogen and oxygen atoms in total. The van der Waals surface area contributed by atoms with E-state index in [1.54, 1.807) is 37.7 Å². The van der Waals surface area contributed by atoms with Gasteiger partial charge in [0.25, 0.3) is 5.91 Å². The second-order valence-electron chi connectivity index (χ2n) is 5.35. The van der Waals surface area contributed by atoms with E-state index in [1.807, 2.05) is 36.4 Å². The lowest BCUT2D eigenvalue weighted by atomic mass is 10.1. The van der Waals surface area contributed by atoms with Crippen LogP contribution in [-0.2, 0) is 0 Å². The van der Waals surface area contributed by atoms with Crippen molar-refractivity contribution in [1.82, 2.24) is 4.98 Å². The highest BCUT2D eigenvalue weighted by Crippen LogP contribution is 2.28. The molecule has 0 atom stereocenters. The van der Waals surface area contributed by atoms with Crippen LogP contribution in [0, 0.1) is 0 Å². The number of hydrogen-bond acceptors (Lipinski definition) is 4.